The Labute approximate surface area is 223 Å². The van der Waals surface area contributed by atoms with Crippen LogP contribution in [0.25, 0.3) is 6.08 Å². The van der Waals surface area contributed by atoms with Gasteiger partial charge < -0.3 is 10.2 Å². The van der Waals surface area contributed by atoms with Crippen LogP contribution in [0.3, 0.4) is 0 Å². The van der Waals surface area contributed by atoms with Crippen LogP contribution in [-0.4, -0.2) is 18.4 Å². The van der Waals surface area contributed by atoms with Crippen LogP contribution in [0.15, 0.2) is 94.2 Å². The summed E-state index contributed by atoms with van der Waals surface area (Å²) in [5.41, 5.74) is 6.00. The molecular weight excluding hydrogens is 476 g/mol. The fourth-order valence-corrected chi connectivity index (χ4v) is 5.91. The van der Waals surface area contributed by atoms with Gasteiger partial charge in [-0.05, 0) is 74.4 Å². The number of fused-ring (bicyclic) bond motifs is 1. The van der Waals surface area contributed by atoms with Crippen LogP contribution in [0, 0.1) is 6.92 Å². The maximum absolute atomic E-state index is 13.7. The number of amides is 2. The molecule has 0 spiro atoms. The molecule has 37 heavy (non-hydrogen) atoms. The van der Waals surface area contributed by atoms with Crippen LogP contribution in [-0.2, 0) is 11.3 Å². The first-order valence-electron chi connectivity index (χ1n) is 13.0. The highest BCUT2D eigenvalue weighted by molar-refractivity contribution is 8.04. The van der Waals surface area contributed by atoms with E-state index in [4.69, 9.17) is 0 Å². The van der Waals surface area contributed by atoms with E-state index in [1.807, 2.05) is 66.7 Å². The zero-order chi connectivity index (χ0) is 25.6. The molecule has 0 aromatic heterocycles. The summed E-state index contributed by atoms with van der Waals surface area (Å²) < 4.78 is 0. The highest BCUT2D eigenvalue weighted by Crippen LogP contribution is 2.43. The number of hydrogen-bond donors (Lipinski definition) is 1. The molecule has 5 heteroatoms. The van der Waals surface area contributed by atoms with Gasteiger partial charge in [0.2, 0.25) is 0 Å². The molecule has 3 aromatic carbocycles. The molecule has 2 aliphatic rings. The molecule has 0 bridgehead atoms. The Bertz CT molecular complexity index is 1360. The van der Waals surface area contributed by atoms with E-state index < -0.39 is 0 Å². The molecule has 0 unspecified atom stereocenters. The summed E-state index contributed by atoms with van der Waals surface area (Å²) in [5, 5.41) is 3.08. The predicted octanol–water partition coefficient (Wildman–Crippen LogP) is 7.30. The first-order valence-corrected chi connectivity index (χ1v) is 13.8. The SMILES string of the molecule is Cc1cccc(CN2C(=O)C(=Cc3ccccc3)Sc3ccc(C(=O)NCCC4=CCCCC4)cc32)c1. The summed E-state index contributed by atoms with van der Waals surface area (Å²) in [6.45, 7) is 3.13. The average Bonchev–Trinajstić information content (AvgIpc) is 2.92. The Morgan fingerprint density at radius 3 is 2.68 bits per heavy atom. The van der Waals surface area contributed by atoms with Crippen molar-refractivity contribution in [1.29, 1.82) is 0 Å². The van der Waals surface area contributed by atoms with Crippen molar-refractivity contribution in [3.05, 3.63) is 112 Å². The van der Waals surface area contributed by atoms with Crippen molar-refractivity contribution in [1.82, 2.24) is 5.32 Å². The van der Waals surface area contributed by atoms with Crippen molar-refractivity contribution in [2.45, 2.75) is 50.5 Å². The van der Waals surface area contributed by atoms with Crippen molar-refractivity contribution in [2.24, 2.45) is 0 Å². The Kier molecular flexibility index (Phi) is 7.90. The number of allylic oxidation sites excluding steroid dienone is 1. The number of nitrogens with one attached hydrogen (secondary N) is 1. The largest absolute Gasteiger partial charge is 0.352 e. The van der Waals surface area contributed by atoms with E-state index in [0.717, 1.165) is 46.5 Å². The Morgan fingerprint density at radius 1 is 1.03 bits per heavy atom. The number of thioether (sulfide) groups is 1. The summed E-state index contributed by atoms with van der Waals surface area (Å²) in [4.78, 5) is 30.2. The van der Waals surface area contributed by atoms with E-state index in [1.165, 1.54) is 30.2 Å². The van der Waals surface area contributed by atoms with E-state index >= 15 is 0 Å². The molecule has 0 saturated heterocycles. The topological polar surface area (TPSA) is 49.4 Å². The first kappa shape index (κ1) is 25.1. The normalized spacial score (nSPS) is 16.4. The molecule has 0 fully saturated rings. The van der Waals surface area contributed by atoms with Gasteiger partial charge in [-0.15, -0.1) is 0 Å². The van der Waals surface area contributed by atoms with E-state index in [-0.39, 0.29) is 11.8 Å². The monoisotopic (exact) mass is 508 g/mol. The summed E-state index contributed by atoms with van der Waals surface area (Å²) in [6.07, 6.45) is 9.97. The van der Waals surface area contributed by atoms with Gasteiger partial charge in [-0.2, -0.15) is 0 Å². The molecule has 5 rings (SSSR count). The summed E-state index contributed by atoms with van der Waals surface area (Å²) in [6, 6.07) is 23.8. The van der Waals surface area contributed by atoms with Gasteiger partial charge in [0.25, 0.3) is 11.8 Å². The molecule has 1 aliphatic heterocycles. The molecule has 0 radical (unpaired) electrons. The van der Waals surface area contributed by atoms with Crippen molar-refractivity contribution in [2.75, 3.05) is 11.4 Å². The molecule has 3 aromatic rings. The molecule has 1 N–H and O–H groups in total. The molecule has 188 valence electrons. The van der Waals surface area contributed by atoms with Crippen molar-refractivity contribution < 1.29 is 9.59 Å². The zero-order valence-corrected chi connectivity index (χ0v) is 22.0. The molecule has 0 saturated carbocycles. The second-order valence-corrected chi connectivity index (χ2v) is 10.8. The highest BCUT2D eigenvalue weighted by atomic mass is 32.2. The number of rotatable bonds is 7. The third-order valence-corrected chi connectivity index (χ3v) is 7.90. The quantitative estimate of drug-likeness (QED) is 0.269. The van der Waals surface area contributed by atoms with Crippen LogP contribution >= 0.6 is 11.8 Å². The maximum Gasteiger partial charge on any atom is 0.265 e. The molecule has 4 nitrogen and oxygen atoms in total. The zero-order valence-electron chi connectivity index (χ0n) is 21.2. The third-order valence-electron chi connectivity index (χ3n) is 6.82. The number of carbonyl (C=O) groups excluding carboxylic acids is 2. The van der Waals surface area contributed by atoms with E-state index in [0.29, 0.717) is 23.6 Å². The minimum atomic E-state index is -0.0993. The van der Waals surface area contributed by atoms with Crippen LogP contribution in [0.4, 0.5) is 5.69 Å². The Balaban J connectivity index is 1.41. The van der Waals surface area contributed by atoms with Gasteiger partial charge in [0.1, 0.15) is 0 Å². The van der Waals surface area contributed by atoms with Gasteiger partial charge in [0.05, 0.1) is 17.1 Å². The molecular formula is C32H32N2O2S. The van der Waals surface area contributed by atoms with Gasteiger partial charge >= 0.3 is 0 Å². The fourth-order valence-electron chi connectivity index (χ4n) is 4.87. The Morgan fingerprint density at radius 2 is 1.89 bits per heavy atom. The lowest BCUT2D eigenvalue weighted by atomic mass is 9.97. The third kappa shape index (κ3) is 6.23. The van der Waals surface area contributed by atoms with Gasteiger partial charge in [-0.25, -0.2) is 0 Å². The van der Waals surface area contributed by atoms with Gasteiger partial charge in [-0.1, -0.05) is 83.6 Å². The summed E-state index contributed by atoms with van der Waals surface area (Å²) in [7, 11) is 0. The second kappa shape index (κ2) is 11.7. The van der Waals surface area contributed by atoms with Gasteiger partial charge in [0.15, 0.2) is 0 Å². The summed E-state index contributed by atoms with van der Waals surface area (Å²) in [5.74, 6) is -0.151. The van der Waals surface area contributed by atoms with Crippen molar-refractivity contribution >= 4 is 35.3 Å². The number of aryl methyl sites for hydroxylation is 1. The molecule has 1 aliphatic carbocycles. The first-order chi connectivity index (χ1) is 18.1. The summed E-state index contributed by atoms with van der Waals surface area (Å²) >= 11 is 1.47. The van der Waals surface area contributed by atoms with Gasteiger partial charge in [-0.3, -0.25) is 9.59 Å². The number of nitrogens with zero attached hydrogens (tertiary/aromatic N) is 1. The van der Waals surface area contributed by atoms with Crippen molar-refractivity contribution in [3.63, 3.8) is 0 Å². The van der Waals surface area contributed by atoms with Crippen LogP contribution in [0.2, 0.25) is 0 Å². The lowest BCUT2D eigenvalue weighted by Crippen LogP contribution is -2.34. The van der Waals surface area contributed by atoms with E-state index in [9.17, 15) is 9.59 Å². The number of benzene rings is 3. The van der Waals surface area contributed by atoms with Gasteiger partial charge in [0, 0.05) is 17.0 Å². The predicted molar refractivity (Wildman–Crippen MR) is 153 cm³/mol. The lowest BCUT2D eigenvalue weighted by molar-refractivity contribution is -0.114. The minimum Gasteiger partial charge on any atom is -0.352 e. The average molecular weight is 509 g/mol. The van der Waals surface area contributed by atoms with Crippen LogP contribution < -0.4 is 10.2 Å². The Hall–Kier alpha value is -3.57. The molecule has 0 atom stereocenters. The smallest absolute Gasteiger partial charge is 0.265 e. The van der Waals surface area contributed by atoms with Crippen molar-refractivity contribution in [3.8, 4) is 0 Å². The van der Waals surface area contributed by atoms with E-state index in [1.54, 1.807) is 4.90 Å². The number of carbonyl (C=O) groups is 2. The molecule has 2 amide bonds. The van der Waals surface area contributed by atoms with E-state index in [2.05, 4.69) is 30.4 Å². The minimum absolute atomic E-state index is 0.0512. The maximum atomic E-state index is 13.7. The fraction of sp³-hybridized carbons (Fsp3) is 0.250. The molecule has 1 heterocycles. The number of hydrogen-bond acceptors (Lipinski definition) is 3. The standard InChI is InChI=1S/C32H32N2O2S/c1-23-9-8-14-26(19-23)22-34-28-21-27(31(35)33-18-17-24-10-4-2-5-11-24)15-16-29(28)37-30(32(34)36)20-25-12-6-3-7-13-25/h3,6-10,12-16,19-21H,2,4-5,11,17-18,22H2,1H3,(H,33,35). The number of anilines is 1. The lowest BCUT2D eigenvalue weighted by Gasteiger charge is -2.31. The van der Waals surface area contributed by atoms with Crippen LogP contribution in [0.5, 0.6) is 0 Å². The highest BCUT2D eigenvalue weighted by Gasteiger charge is 2.30. The second-order valence-electron chi connectivity index (χ2n) is 9.70. The van der Waals surface area contributed by atoms with Crippen LogP contribution in [0.1, 0.15) is 59.2 Å².